The molecule has 0 amide bonds. The van der Waals surface area contributed by atoms with E-state index in [1.165, 1.54) is 19.1 Å². The van der Waals surface area contributed by atoms with E-state index in [-0.39, 0.29) is 17.3 Å². The van der Waals surface area contributed by atoms with Gasteiger partial charge in [-0.3, -0.25) is 14.9 Å². The maximum absolute atomic E-state index is 14.0. The minimum absolute atomic E-state index is 0.0968. The summed E-state index contributed by atoms with van der Waals surface area (Å²) in [6.07, 6.45) is 0. The van der Waals surface area contributed by atoms with Crippen LogP contribution in [-0.2, 0) is 0 Å². The van der Waals surface area contributed by atoms with Crippen LogP contribution in [0.25, 0.3) is 11.4 Å². The highest BCUT2D eigenvalue weighted by Crippen LogP contribution is 2.44. The van der Waals surface area contributed by atoms with E-state index in [0.717, 1.165) is 18.2 Å². The Morgan fingerprint density at radius 2 is 2.00 bits per heavy atom. The van der Waals surface area contributed by atoms with Crippen molar-refractivity contribution in [2.45, 2.75) is 6.92 Å². The van der Waals surface area contributed by atoms with Crippen LogP contribution in [0.3, 0.4) is 0 Å². The Bertz CT molecular complexity index is 1050. The molecule has 0 fully saturated rings. The minimum Gasteiger partial charge on any atom is -0.504 e. The summed E-state index contributed by atoms with van der Waals surface area (Å²) >= 11 is 0. The number of carbonyl (C=O) groups excluding carboxylic acids is 1. The van der Waals surface area contributed by atoms with Crippen LogP contribution in [0, 0.1) is 22.9 Å². The predicted molar refractivity (Wildman–Crippen MR) is 84.3 cm³/mol. The smallest absolute Gasteiger partial charge is 0.326 e. The van der Waals surface area contributed by atoms with Gasteiger partial charge < -0.3 is 14.7 Å². The number of phenols is 2. The fourth-order valence-electron chi connectivity index (χ4n) is 2.42. The Hall–Kier alpha value is -3.82. The number of ketones is 1. The number of rotatable bonds is 4. The first-order valence-corrected chi connectivity index (χ1v) is 7.14. The standard InChI is InChI=1S/C16H10FN3O6/c1-7-18-16(19-26-7)9-6-11(21)15(23)13(20(24)25)12(9)14(22)8-4-2-3-5-10(8)17/h2-6,21,23H,1H3. The van der Waals surface area contributed by atoms with Crippen molar-refractivity contribution in [1.82, 2.24) is 10.1 Å². The largest absolute Gasteiger partial charge is 0.504 e. The highest BCUT2D eigenvalue weighted by Gasteiger charge is 2.34. The third-order valence-electron chi connectivity index (χ3n) is 3.55. The van der Waals surface area contributed by atoms with Gasteiger partial charge in [-0.05, 0) is 18.2 Å². The second-order valence-electron chi connectivity index (χ2n) is 5.22. The van der Waals surface area contributed by atoms with Gasteiger partial charge in [0.15, 0.2) is 5.75 Å². The lowest BCUT2D eigenvalue weighted by Gasteiger charge is -2.10. The molecule has 0 radical (unpaired) electrons. The molecule has 2 aromatic carbocycles. The Morgan fingerprint density at radius 1 is 1.31 bits per heavy atom. The van der Waals surface area contributed by atoms with Crippen LogP contribution in [-0.4, -0.2) is 31.1 Å². The summed E-state index contributed by atoms with van der Waals surface area (Å²) in [6.45, 7) is 1.45. The van der Waals surface area contributed by atoms with E-state index >= 15 is 0 Å². The van der Waals surface area contributed by atoms with E-state index in [0.29, 0.717) is 0 Å². The van der Waals surface area contributed by atoms with Crippen LogP contribution in [0.1, 0.15) is 21.8 Å². The second kappa shape index (κ2) is 6.24. The lowest BCUT2D eigenvalue weighted by molar-refractivity contribution is -0.386. The highest BCUT2D eigenvalue weighted by molar-refractivity contribution is 6.16. The first-order valence-electron chi connectivity index (χ1n) is 7.14. The van der Waals surface area contributed by atoms with Crippen molar-refractivity contribution in [3.63, 3.8) is 0 Å². The number of benzene rings is 2. The third-order valence-corrected chi connectivity index (χ3v) is 3.55. The number of aromatic hydroxyl groups is 2. The van der Waals surface area contributed by atoms with Crippen molar-refractivity contribution in [1.29, 1.82) is 0 Å². The van der Waals surface area contributed by atoms with Gasteiger partial charge in [0.25, 0.3) is 0 Å². The number of hydrogen-bond donors (Lipinski definition) is 2. The minimum atomic E-state index is -1.13. The van der Waals surface area contributed by atoms with Crippen molar-refractivity contribution < 1.29 is 28.8 Å². The maximum Gasteiger partial charge on any atom is 0.326 e. The second-order valence-corrected chi connectivity index (χ2v) is 5.22. The van der Waals surface area contributed by atoms with Gasteiger partial charge in [-0.15, -0.1) is 0 Å². The van der Waals surface area contributed by atoms with Crippen LogP contribution in [0.15, 0.2) is 34.9 Å². The zero-order chi connectivity index (χ0) is 19.0. The molecule has 0 saturated heterocycles. The van der Waals surface area contributed by atoms with Crippen LogP contribution in [0.4, 0.5) is 10.1 Å². The number of nitro groups is 1. The molecule has 0 aliphatic heterocycles. The van der Waals surface area contributed by atoms with Crippen molar-refractivity contribution in [3.8, 4) is 22.9 Å². The zero-order valence-corrected chi connectivity index (χ0v) is 13.1. The number of nitrogens with zero attached hydrogens (tertiary/aromatic N) is 3. The number of carbonyl (C=O) groups is 1. The summed E-state index contributed by atoms with van der Waals surface area (Å²) in [5.41, 5.74) is -2.49. The fraction of sp³-hybridized carbons (Fsp3) is 0.0625. The Balaban J connectivity index is 2.38. The summed E-state index contributed by atoms with van der Waals surface area (Å²) in [6, 6.07) is 5.74. The summed E-state index contributed by atoms with van der Waals surface area (Å²) in [5.74, 6) is -4.12. The van der Waals surface area contributed by atoms with E-state index in [9.17, 15) is 29.5 Å². The molecular weight excluding hydrogens is 349 g/mol. The number of halogens is 1. The molecule has 0 bridgehead atoms. The van der Waals surface area contributed by atoms with Gasteiger partial charge in [0.2, 0.25) is 23.2 Å². The molecule has 26 heavy (non-hydrogen) atoms. The number of aryl methyl sites for hydroxylation is 1. The lowest BCUT2D eigenvalue weighted by Crippen LogP contribution is -2.10. The summed E-state index contributed by atoms with van der Waals surface area (Å²) in [7, 11) is 0. The molecule has 0 saturated carbocycles. The Kier molecular flexibility index (Phi) is 4.08. The number of nitro benzene ring substituents is 1. The van der Waals surface area contributed by atoms with E-state index in [1.54, 1.807) is 0 Å². The van der Waals surface area contributed by atoms with Crippen molar-refractivity contribution in [2.75, 3.05) is 0 Å². The third kappa shape index (κ3) is 2.73. The van der Waals surface area contributed by atoms with Gasteiger partial charge in [0.05, 0.1) is 10.5 Å². The van der Waals surface area contributed by atoms with E-state index in [4.69, 9.17) is 4.52 Å². The maximum atomic E-state index is 14.0. The Labute approximate surface area is 144 Å². The zero-order valence-electron chi connectivity index (χ0n) is 13.1. The molecule has 1 aromatic heterocycles. The number of hydrogen-bond acceptors (Lipinski definition) is 8. The van der Waals surface area contributed by atoms with E-state index in [2.05, 4.69) is 10.1 Å². The van der Waals surface area contributed by atoms with Gasteiger partial charge in [-0.25, -0.2) is 4.39 Å². The van der Waals surface area contributed by atoms with Crippen molar-refractivity contribution in [2.24, 2.45) is 0 Å². The topological polar surface area (TPSA) is 140 Å². The van der Waals surface area contributed by atoms with Crippen LogP contribution < -0.4 is 0 Å². The number of aromatic nitrogens is 2. The molecule has 9 nitrogen and oxygen atoms in total. The van der Waals surface area contributed by atoms with Crippen molar-refractivity contribution >= 4 is 11.5 Å². The SMILES string of the molecule is Cc1nc(-c2cc(O)c(O)c([N+](=O)[O-])c2C(=O)c2ccccc2F)no1. The molecule has 3 aromatic rings. The molecule has 0 unspecified atom stereocenters. The molecule has 3 rings (SSSR count). The molecule has 2 N–H and O–H groups in total. The first kappa shape index (κ1) is 17.0. The predicted octanol–water partition coefficient (Wildman–Crippen LogP) is 2.73. The quantitative estimate of drug-likeness (QED) is 0.314. The molecule has 0 aliphatic carbocycles. The molecule has 0 spiro atoms. The molecule has 0 atom stereocenters. The summed E-state index contributed by atoms with van der Waals surface area (Å²) in [4.78, 5) is 27.1. The lowest BCUT2D eigenvalue weighted by atomic mass is 9.94. The van der Waals surface area contributed by atoms with Crippen LogP contribution in [0.2, 0.25) is 0 Å². The van der Waals surface area contributed by atoms with Gasteiger partial charge in [-0.1, -0.05) is 17.3 Å². The normalized spacial score (nSPS) is 10.7. The average Bonchev–Trinajstić information content (AvgIpc) is 3.02. The first-order chi connectivity index (χ1) is 12.3. The van der Waals surface area contributed by atoms with E-state index in [1.807, 2.05) is 0 Å². The summed E-state index contributed by atoms with van der Waals surface area (Å²) in [5, 5.41) is 34.7. The van der Waals surface area contributed by atoms with Crippen LogP contribution in [0.5, 0.6) is 11.5 Å². The molecule has 132 valence electrons. The fourth-order valence-corrected chi connectivity index (χ4v) is 2.42. The molecular formula is C16H10FN3O6. The molecule has 10 heteroatoms. The van der Waals surface area contributed by atoms with E-state index < -0.39 is 44.8 Å². The van der Waals surface area contributed by atoms with Gasteiger partial charge in [0, 0.05) is 12.5 Å². The number of phenolic OH excluding ortho intramolecular Hbond substituents is 2. The highest BCUT2D eigenvalue weighted by atomic mass is 19.1. The van der Waals surface area contributed by atoms with Gasteiger partial charge in [0.1, 0.15) is 11.4 Å². The van der Waals surface area contributed by atoms with Gasteiger partial charge in [-0.2, -0.15) is 4.98 Å². The van der Waals surface area contributed by atoms with Crippen LogP contribution >= 0.6 is 0 Å². The van der Waals surface area contributed by atoms with Gasteiger partial charge >= 0.3 is 5.69 Å². The summed E-state index contributed by atoms with van der Waals surface area (Å²) < 4.78 is 18.8. The molecule has 1 heterocycles. The molecule has 0 aliphatic rings. The average molecular weight is 359 g/mol. The monoisotopic (exact) mass is 359 g/mol. The van der Waals surface area contributed by atoms with Crippen molar-refractivity contribution in [3.05, 3.63) is 63.3 Å². The Morgan fingerprint density at radius 3 is 2.58 bits per heavy atom.